The minimum Gasteiger partial charge on any atom is -1.00 e. The SMILES string of the molecule is C[Si](C)=[Zr+2].Cc1cc2c(CCc3ccccc3)ccc(C)c2[cH-]1.Cc1cc2c(CCc3ccccc3)ccc(C)c2[cH-]1.[Cl-].[Cl-]. The average Bonchev–Trinajstić information content (AvgIpc) is 3.57. The van der Waals surface area contributed by atoms with E-state index in [9.17, 15) is 0 Å². The maximum absolute atomic E-state index is 2.32. The fourth-order valence-electron chi connectivity index (χ4n) is 5.58. The fraction of sp³-hybridized carbons (Fsp3) is 0.250. The maximum Gasteiger partial charge on any atom is -0.0246 e. The molecule has 0 saturated carbocycles. The summed E-state index contributed by atoms with van der Waals surface area (Å²) in [4.78, 5) is 0. The summed E-state index contributed by atoms with van der Waals surface area (Å²) in [6, 6.07) is 39.8. The molecule has 0 nitrogen and oxygen atoms in total. The first-order valence-corrected chi connectivity index (χ1v) is 21.3. The zero-order chi connectivity index (χ0) is 30.1. The van der Waals surface area contributed by atoms with Crippen molar-refractivity contribution >= 4 is 27.0 Å². The summed E-state index contributed by atoms with van der Waals surface area (Å²) < 4.78 is 0. The molecule has 0 radical (unpaired) electrons. The van der Waals surface area contributed by atoms with Crippen LogP contribution in [0.2, 0.25) is 13.1 Å². The van der Waals surface area contributed by atoms with Crippen LogP contribution in [0.1, 0.15) is 44.5 Å². The van der Waals surface area contributed by atoms with Gasteiger partial charge in [-0.3, -0.25) is 0 Å². The predicted molar refractivity (Wildman–Crippen MR) is 183 cm³/mol. The molecule has 228 valence electrons. The molecular weight excluding hydrogens is 671 g/mol. The van der Waals surface area contributed by atoms with Gasteiger partial charge in [-0.15, -0.1) is 68.1 Å². The molecule has 0 unspecified atom stereocenters. The molecule has 0 aromatic heterocycles. The van der Waals surface area contributed by atoms with Crippen LogP contribution in [-0.2, 0) is 49.0 Å². The van der Waals surface area contributed by atoms with Crippen molar-refractivity contribution < 1.29 is 48.1 Å². The van der Waals surface area contributed by atoms with Crippen LogP contribution >= 0.6 is 0 Å². The van der Waals surface area contributed by atoms with Gasteiger partial charge in [0.15, 0.2) is 0 Å². The Labute approximate surface area is 293 Å². The molecule has 6 aromatic rings. The Morgan fingerprint density at radius 1 is 0.523 bits per heavy atom. The van der Waals surface area contributed by atoms with Gasteiger partial charge in [-0.25, -0.2) is 0 Å². The molecule has 0 saturated heterocycles. The molecule has 0 amide bonds. The van der Waals surface area contributed by atoms with Crippen LogP contribution in [-0.4, -0.2) is 5.43 Å². The Morgan fingerprint density at radius 3 is 1.20 bits per heavy atom. The number of rotatable bonds is 6. The first-order chi connectivity index (χ1) is 20.2. The topological polar surface area (TPSA) is 0 Å². The van der Waals surface area contributed by atoms with Crippen molar-refractivity contribution in [3.05, 3.63) is 154 Å². The summed E-state index contributed by atoms with van der Waals surface area (Å²) in [6.45, 7) is 13.4. The molecule has 0 N–H and O–H groups in total. The van der Waals surface area contributed by atoms with E-state index >= 15 is 0 Å². The quantitative estimate of drug-likeness (QED) is 0.173. The molecule has 0 fully saturated rings. The summed E-state index contributed by atoms with van der Waals surface area (Å²) >= 11 is 1.74. The molecule has 44 heavy (non-hydrogen) atoms. The van der Waals surface area contributed by atoms with Gasteiger partial charge in [0.1, 0.15) is 0 Å². The Hall–Kier alpha value is -2.22. The van der Waals surface area contributed by atoms with E-state index in [2.05, 4.69) is 150 Å². The van der Waals surface area contributed by atoms with Crippen molar-refractivity contribution in [2.45, 2.75) is 66.5 Å². The van der Waals surface area contributed by atoms with Crippen LogP contribution < -0.4 is 24.8 Å². The van der Waals surface area contributed by atoms with Crippen molar-refractivity contribution in [2.75, 3.05) is 0 Å². The number of hydrogen-bond donors (Lipinski definition) is 0. The van der Waals surface area contributed by atoms with Gasteiger partial charge in [-0.2, -0.15) is 12.1 Å². The summed E-state index contributed by atoms with van der Waals surface area (Å²) in [5.41, 5.74) is 11.5. The first-order valence-electron chi connectivity index (χ1n) is 15.1. The minimum atomic E-state index is 0. The second kappa shape index (κ2) is 18.7. The van der Waals surface area contributed by atoms with Gasteiger partial charge >= 0.3 is 41.9 Å². The van der Waals surface area contributed by atoms with Gasteiger partial charge < -0.3 is 24.8 Å². The first kappa shape index (κ1) is 38.0. The van der Waals surface area contributed by atoms with E-state index in [1.54, 1.807) is 23.3 Å². The van der Waals surface area contributed by atoms with E-state index in [4.69, 9.17) is 0 Å². The van der Waals surface area contributed by atoms with E-state index in [0.717, 1.165) is 25.7 Å². The molecule has 0 aliphatic carbocycles. The minimum absolute atomic E-state index is 0. The summed E-state index contributed by atoms with van der Waals surface area (Å²) in [5, 5.41) is 5.72. The molecule has 0 spiro atoms. The predicted octanol–water partition coefficient (Wildman–Crippen LogP) is 4.71. The molecule has 0 atom stereocenters. The van der Waals surface area contributed by atoms with Crippen molar-refractivity contribution in [1.29, 1.82) is 0 Å². The fourth-order valence-corrected chi connectivity index (χ4v) is 5.58. The molecule has 4 heteroatoms. The van der Waals surface area contributed by atoms with Gasteiger partial charge in [-0.05, 0) is 36.8 Å². The average molecular weight is 715 g/mol. The van der Waals surface area contributed by atoms with E-state index in [1.807, 2.05) is 0 Å². The molecule has 0 aliphatic rings. The van der Waals surface area contributed by atoms with E-state index in [-0.39, 0.29) is 30.2 Å². The number of aryl methyl sites for hydroxylation is 8. The van der Waals surface area contributed by atoms with Gasteiger partial charge in [0.25, 0.3) is 0 Å². The van der Waals surface area contributed by atoms with Gasteiger partial charge in [0.05, 0.1) is 0 Å². The normalized spacial score (nSPS) is 10.2. The van der Waals surface area contributed by atoms with Crippen molar-refractivity contribution in [3.8, 4) is 0 Å². The van der Waals surface area contributed by atoms with Crippen LogP contribution in [0.5, 0.6) is 0 Å². The third-order valence-corrected chi connectivity index (χ3v) is 7.73. The monoisotopic (exact) mass is 712 g/mol. The maximum atomic E-state index is 2.32. The standard InChI is InChI=1S/2C19H19.C2H6Si.2ClH.Zr/c2*1-14-12-18-15(2)8-10-17(19(18)13-14)11-9-16-6-4-3-5-7-16;1-3-2;;;/h2*3-8,10,12-13H,9,11H2,1-2H3;1-2H3;2*1H;/q2*-1;;;;+2/p-2. The molecule has 0 aliphatic heterocycles. The van der Waals surface area contributed by atoms with Crippen molar-refractivity contribution in [3.63, 3.8) is 0 Å². The van der Waals surface area contributed by atoms with Crippen molar-refractivity contribution in [2.24, 2.45) is 0 Å². The van der Waals surface area contributed by atoms with E-state index in [1.165, 1.54) is 66.1 Å². The third-order valence-electron chi connectivity index (χ3n) is 7.73. The summed E-state index contributed by atoms with van der Waals surface area (Å²) in [6.07, 6.45) is 4.46. The molecule has 0 heterocycles. The van der Waals surface area contributed by atoms with Crippen LogP contribution in [0.3, 0.4) is 0 Å². The number of benzene rings is 4. The zero-order valence-electron chi connectivity index (χ0n) is 27.0. The second-order valence-electron chi connectivity index (χ2n) is 11.8. The van der Waals surface area contributed by atoms with Gasteiger partial charge in [-0.1, -0.05) is 112 Å². The zero-order valence-corrected chi connectivity index (χ0v) is 31.9. The molecular formula is C40H44Cl2SiZr-2. The van der Waals surface area contributed by atoms with Crippen LogP contribution in [0, 0.1) is 27.7 Å². The van der Waals surface area contributed by atoms with Crippen molar-refractivity contribution in [1.82, 2.24) is 0 Å². The Balaban J connectivity index is 0.000000263. The Bertz CT molecular complexity index is 1620. The number of hydrogen-bond acceptors (Lipinski definition) is 0. The second-order valence-corrected chi connectivity index (χ2v) is 21.1. The van der Waals surface area contributed by atoms with Crippen LogP contribution in [0.15, 0.2) is 109 Å². The molecule has 0 bridgehead atoms. The van der Waals surface area contributed by atoms with E-state index < -0.39 is 0 Å². The van der Waals surface area contributed by atoms with Crippen LogP contribution in [0.25, 0.3) is 21.5 Å². The van der Waals surface area contributed by atoms with Gasteiger partial charge in [0.2, 0.25) is 0 Å². The summed E-state index contributed by atoms with van der Waals surface area (Å²) in [5.74, 6) is 0. The number of fused-ring (bicyclic) bond motifs is 2. The largest absolute Gasteiger partial charge is 1.00 e. The molecule has 6 rings (SSSR count). The van der Waals surface area contributed by atoms with E-state index in [0.29, 0.717) is 0 Å². The number of halogens is 2. The van der Waals surface area contributed by atoms with Crippen LogP contribution in [0.4, 0.5) is 0 Å². The molecule has 6 aromatic carbocycles. The van der Waals surface area contributed by atoms with Gasteiger partial charge in [0, 0.05) is 0 Å². The summed E-state index contributed by atoms with van der Waals surface area (Å²) in [7, 11) is 0. The Kier molecular flexibility index (Phi) is 16.1. The third kappa shape index (κ3) is 11.0. The Morgan fingerprint density at radius 2 is 0.864 bits per heavy atom. The smallest absolute Gasteiger partial charge is 0.0246 e.